The van der Waals surface area contributed by atoms with Gasteiger partial charge in [0.1, 0.15) is 17.3 Å². The smallest absolute Gasteiger partial charge is 0.300 e. The van der Waals surface area contributed by atoms with Gasteiger partial charge < -0.3 is 9.84 Å². The number of nitrogens with zero attached hydrogens (tertiary/aromatic N) is 1. The predicted molar refractivity (Wildman–Crippen MR) is 120 cm³/mol. The lowest BCUT2D eigenvalue weighted by Gasteiger charge is -2.25. The molecule has 1 unspecified atom stereocenters. The Bertz CT molecular complexity index is 1250. The molecule has 1 aliphatic rings. The standard InChI is InChI=1S/C25H19ClFNO4/c1-14-12-19(32-2)10-11-20(14)23(29)21-22(15-6-8-17(27)9-7-15)28(25(31)24(21)30)18-5-3-4-16(26)13-18/h3-13,22,29H,1-2H3/b23-21-. The zero-order chi connectivity index (χ0) is 23.0. The summed E-state index contributed by atoms with van der Waals surface area (Å²) >= 11 is 6.12. The molecular weight excluding hydrogens is 433 g/mol. The Morgan fingerprint density at radius 2 is 1.78 bits per heavy atom. The summed E-state index contributed by atoms with van der Waals surface area (Å²) < 4.78 is 18.8. The van der Waals surface area contributed by atoms with E-state index in [-0.39, 0.29) is 11.3 Å². The van der Waals surface area contributed by atoms with Crippen molar-refractivity contribution < 1.29 is 23.8 Å². The number of aliphatic hydroxyl groups excluding tert-OH is 1. The monoisotopic (exact) mass is 451 g/mol. The molecule has 7 heteroatoms. The summed E-state index contributed by atoms with van der Waals surface area (Å²) in [5.41, 5.74) is 1.82. The highest BCUT2D eigenvalue weighted by atomic mass is 35.5. The number of benzene rings is 3. The van der Waals surface area contributed by atoms with Crippen molar-refractivity contribution in [2.75, 3.05) is 12.0 Å². The number of hydrogen-bond acceptors (Lipinski definition) is 4. The maximum Gasteiger partial charge on any atom is 0.300 e. The first kappa shape index (κ1) is 21.6. The molecule has 1 atom stereocenters. The molecule has 0 saturated carbocycles. The summed E-state index contributed by atoms with van der Waals surface area (Å²) in [6, 6.07) is 16.0. The number of hydrogen-bond donors (Lipinski definition) is 1. The van der Waals surface area contributed by atoms with Crippen LogP contribution in [0.1, 0.15) is 22.7 Å². The Labute approximate surface area is 189 Å². The van der Waals surface area contributed by atoms with Gasteiger partial charge in [-0.25, -0.2) is 4.39 Å². The van der Waals surface area contributed by atoms with E-state index in [2.05, 4.69) is 0 Å². The molecule has 0 bridgehead atoms. The number of ether oxygens (including phenoxy) is 1. The summed E-state index contributed by atoms with van der Waals surface area (Å²) in [5, 5.41) is 11.6. The first-order valence-corrected chi connectivity index (χ1v) is 10.2. The third kappa shape index (κ3) is 3.74. The summed E-state index contributed by atoms with van der Waals surface area (Å²) in [7, 11) is 1.53. The molecule has 1 aliphatic heterocycles. The highest BCUT2D eigenvalue weighted by Crippen LogP contribution is 2.43. The molecule has 4 rings (SSSR count). The van der Waals surface area contributed by atoms with Gasteiger partial charge >= 0.3 is 0 Å². The molecule has 5 nitrogen and oxygen atoms in total. The second kappa shape index (κ2) is 8.48. The van der Waals surface area contributed by atoms with Crippen LogP contribution in [0.15, 0.2) is 72.3 Å². The number of aliphatic hydroxyl groups is 1. The summed E-state index contributed by atoms with van der Waals surface area (Å²) in [6.07, 6.45) is 0. The summed E-state index contributed by atoms with van der Waals surface area (Å²) in [5.74, 6) is -1.84. The lowest BCUT2D eigenvalue weighted by Crippen LogP contribution is -2.29. The number of carbonyl (C=O) groups excluding carboxylic acids is 2. The minimum absolute atomic E-state index is 0.0881. The Morgan fingerprint density at radius 3 is 2.41 bits per heavy atom. The SMILES string of the molecule is COc1ccc(/C(O)=C2/C(=O)C(=O)N(c3cccc(Cl)c3)C2c2ccc(F)cc2)c(C)c1. The average molecular weight is 452 g/mol. The van der Waals surface area contributed by atoms with Crippen LogP contribution in [0.4, 0.5) is 10.1 Å². The highest BCUT2D eigenvalue weighted by Gasteiger charge is 2.47. The van der Waals surface area contributed by atoms with Gasteiger partial charge in [-0.2, -0.15) is 0 Å². The van der Waals surface area contributed by atoms with Crippen LogP contribution in [0.25, 0.3) is 5.76 Å². The molecule has 0 radical (unpaired) electrons. The highest BCUT2D eigenvalue weighted by molar-refractivity contribution is 6.51. The van der Waals surface area contributed by atoms with Gasteiger partial charge in [0.25, 0.3) is 11.7 Å². The van der Waals surface area contributed by atoms with Crippen LogP contribution >= 0.6 is 11.6 Å². The largest absolute Gasteiger partial charge is 0.507 e. The van der Waals surface area contributed by atoms with Crippen molar-refractivity contribution in [3.8, 4) is 5.75 Å². The Morgan fingerprint density at radius 1 is 1.06 bits per heavy atom. The number of anilines is 1. The molecule has 3 aromatic rings. The molecule has 1 N–H and O–H groups in total. The molecule has 32 heavy (non-hydrogen) atoms. The van der Waals surface area contributed by atoms with E-state index in [0.717, 1.165) is 0 Å². The molecule has 1 saturated heterocycles. The Balaban J connectivity index is 1.95. The van der Waals surface area contributed by atoms with Crippen molar-refractivity contribution in [2.24, 2.45) is 0 Å². The molecule has 162 valence electrons. The number of halogens is 2. The molecule has 1 heterocycles. The fraction of sp³-hybridized carbons (Fsp3) is 0.120. The first-order chi connectivity index (χ1) is 15.3. The van der Waals surface area contributed by atoms with Crippen molar-refractivity contribution in [1.29, 1.82) is 0 Å². The van der Waals surface area contributed by atoms with E-state index in [4.69, 9.17) is 16.3 Å². The zero-order valence-electron chi connectivity index (χ0n) is 17.3. The van der Waals surface area contributed by atoms with Gasteiger partial charge in [-0.05, 0) is 66.6 Å². The van der Waals surface area contributed by atoms with Gasteiger partial charge in [0, 0.05) is 16.3 Å². The van der Waals surface area contributed by atoms with Crippen LogP contribution in [0, 0.1) is 12.7 Å². The number of ketones is 1. The van der Waals surface area contributed by atoms with Gasteiger partial charge in [0.05, 0.1) is 18.7 Å². The van der Waals surface area contributed by atoms with E-state index in [1.54, 1.807) is 49.4 Å². The second-order valence-corrected chi connectivity index (χ2v) is 7.82. The number of methoxy groups -OCH3 is 1. The van der Waals surface area contributed by atoms with Gasteiger partial charge in [-0.1, -0.05) is 29.8 Å². The quantitative estimate of drug-likeness (QED) is 0.326. The van der Waals surface area contributed by atoms with Crippen LogP contribution in [0.3, 0.4) is 0 Å². The topological polar surface area (TPSA) is 66.8 Å². The van der Waals surface area contributed by atoms with Crippen molar-refractivity contribution in [3.63, 3.8) is 0 Å². The Hall–Kier alpha value is -3.64. The number of rotatable bonds is 4. The lowest BCUT2D eigenvalue weighted by molar-refractivity contribution is -0.132. The van der Waals surface area contributed by atoms with Crippen molar-refractivity contribution in [3.05, 3.63) is 99.8 Å². The fourth-order valence-electron chi connectivity index (χ4n) is 3.86. The van der Waals surface area contributed by atoms with Crippen molar-refractivity contribution in [1.82, 2.24) is 0 Å². The van der Waals surface area contributed by atoms with Gasteiger partial charge in [-0.3, -0.25) is 14.5 Å². The second-order valence-electron chi connectivity index (χ2n) is 7.38. The molecule has 3 aromatic carbocycles. The maximum absolute atomic E-state index is 13.6. The van der Waals surface area contributed by atoms with Crippen LogP contribution in [-0.2, 0) is 9.59 Å². The maximum atomic E-state index is 13.6. The molecule has 0 aliphatic carbocycles. The molecule has 0 spiro atoms. The average Bonchev–Trinajstić information content (AvgIpc) is 3.04. The van der Waals surface area contributed by atoms with Crippen LogP contribution in [-0.4, -0.2) is 23.9 Å². The number of amides is 1. The first-order valence-electron chi connectivity index (χ1n) is 9.79. The molecule has 0 aromatic heterocycles. The van der Waals surface area contributed by atoms with E-state index in [9.17, 15) is 19.1 Å². The van der Waals surface area contributed by atoms with Gasteiger partial charge in [-0.15, -0.1) is 0 Å². The summed E-state index contributed by atoms with van der Waals surface area (Å²) in [6.45, 7) is 1.76. The van der Waals surface area contributed by atoms with Crippen LogP contribution in [0.5, 0.6) is 5.75 Å². The fourth-order valence-corrected chi connectivity index (χ4v) is 4.04. The third-order valence-corrected chi connectivity index (χ3v) is 5.64. The van der Waals surface area contributed by atoms with E-state index >= 15 is 0 Å². The molecule has 1 amide bonds. The summed E-state index contributed by atoms with van der Waals surface area (Å²) in [4.78, 5) is 27.5. The minimum Gasteiger partial charge on any atom is -0.507 e. The lowest BCUT2D eigenvalue weighted by atomic mass is 9.93. The van der Waals surface area contributed by atoms with E-state index in [1.165, 1.54) is 36.3 Å². The molecular formula is C25H19ClFNO4. The minimum atomic E-state index is -0.962. The Kier molecular flexibility index (Phi) is 5.72. The van der Waals surface area contributed by atoms with Crippen molar-refractivity contribution in [2.45, 2.75) is 13.0 Å². The zero-order valence-corrected chi connectivity index (χ0v) is 18.1. The predicted octanol–water partition coefficient (Wildman–Crippen LogP) is 5.42. The van der Waals surface area contributed by atoms with E-state index < -0.39 is 23.5 Å². The van der Waals surface area contributed by atoms with Gasteiger partial charge in [0.15, 0.2) is 0 Å². The van der Waals surface area contributed by atoms with E-state index in [1.807, 2.05) is 0 Å². The van der Waals surface area contributed by atoms with E-state index in [0.29, 0.717) is 33.1 Å². The number of Topliss-reactive ketones (excluding diaryl/α,β-unsaturated/α-hetero) is 1. The third-order valence-electron chi connectivity index (χ3n) is 5.41. The van der Waals surface area contributed by atoms with Crippen LogP contribution in [0.2, 0.25) is 5.02 Å². The number of carbonyl (C=O) groups is 2. The van der Waals surface area contributed by atoms with Gasteiger partial charge in [0.2, 0.25) is 0 Å². The number of aryl methyl sites for hydroxylation is 1. The normalized spacial score (nSPS) is 17.6. The van der Waals surface area contributed by atoms with Crippen LogP contribution < -0.4 is 9.64 Å². The molecule has 1 fully saturated rings. The van der Waals surface area contributed by atoms with Crippen molar-refractivity contribution >= 4 is 34.7 Å².